The summed E-state index contributed by atoms with van der Waals surface area (Å²) in [6.45, 7) is 1.88. The number of amides is 2. The zero-order valence-corrected chi connectivity index (χ0v) is 14.0. The smallest absolute Gasteiger partial charge is 0.236 e. The summed E-state index contributed by atoms with van der Waals surface area (Å²) in [7, 11) is 0. The van der Waals surface area contributed by atoms with Crippen molar-refractivity contribution >= 4 is 45.9 Å². The summed E-state index contributed by atoms with van der Waals surface area (Å²) < 4.78 is 0. The maximum Gasteiger partial charge on any atom is 0.236 e. The summed E-state index contributed by atoms with van der Waals surface area (Å²) in [4.78, 5) is 27.6. The van der Waals surface area contributed by atoms with Crippen molar-refractivity contribution in [2.75, 3.05) is 16.4 Å². The predicted molar refractivity (Wildman–Crippen MR) is 89.6 cm³/mol. The Morgan fingerprint density at radius 2 is 2.13 bits per heavy atom. The normalized spacial score (nSPS) is 13.6. The minimum absolute atomic E-state index is 0.00202. The Morgan fingerprint density at radius 3 is 2.74 bits per heavy atom. The summed E-state index contributed by atoms with van der Waals surface area (Å²) >= 11 is 2.67. The number of carbonyl (C=O) groups is 2. The summed E-state index contributed by atoms with van der Waals surface area (Å²) in [5.74, 6) is 0.647. The van der Waals surface area contributed by atoms with Crippen LogP contribution in [0.15, 0.2) is 22.5 Å². The molecule has 2 N–H and O–H groups in total. The second kappa shape index (κ2) is 7.05. The van der Waals surface area contributed by atoms with Crippen molar-refractivity contribution in [3.63, 3.8) is 0 Å². The fourth-order valence-corrected chi connectivity index (χ4v) is 3.06. The summed E-state index contributed by atoms with van der Waals surface area (Å²) in [6, 6.07) is 3.43. The summed E-state index contributed by atoms with van der Waals surface area (Å²) in [5.41, 5.74) is 0.882. The molecule has 0 bridgehead atoms. The van der Waals surface area contributed by atoms with E-state index in [0.29, 0.717) is 16.0 Å². The lowest BCUT2D eigenvalue weighted by Crippen LogP contribution is -2.15. The van der Waals surface area contributed by atoms with E-state index in [-0.39, 0.29) is 23.5 Å². The van der Waals surface area contributed by atoms with Crippen molar-refractivity contribution < 1.29 is 9.59 Å². The molecule has 0 aliphatic heterocycles. The third-order valence-electron chi connectivity index (χ3n) is 3.06. The van der Waals surface area contributed by atoms with Gasteiger partial charge < -0.3 is 10.6 Å². The second-order valence-electron chi connectivity index (χ2n) is 5.15. The highest BCUT2D eigenvalue weighted by atomic mass is 32.2. The zero-order valence-electron chi connectivity index (χ0n) is 12.4. The van der Waals surface area contributed by atoms with Crippen LogP contribution in [0.25, 0.3) is 0 Å². The predicted octanol–water partition coefficient (Wildman–Crippen LogP) is 2.32. The first-order valence-electron chi connectivity index (χ1n) is 7.09. The Kier molecular flexibility index (Phi) is 4.87. The zero-order chi connectivity index (χ0) is 16.2. The first-order valence-corrected chi connectivity index (χ1v) is 8.96. The number of hydrogen-bond donors (Lipinski definition) is 2. The number of carbonyl (C=O) groups excluding carboxylic acids is 2. The van der Waals surface area contributed by atoms with Crippen LogP contribution >= 0.6 is 23.1 Å². The van der Waals surface area contributed by atoms with Crippen LogP contribution in [0.2, 0.25) is 0 Å². The average Bonchev–Trinajstić information content (AvgIpc) is 3.31. The van der Waals surface area contributed by atoms with Gasteiger partial charge in [-0.05, 0) is 31.9 Å². The molecule has 3 rings (SSSR count). The van der Waals surface area contributed by atoms with Gasteiger partial charge in [0.15, 0.2) is 10.9 Å². The monoisotopic (exact) mass is 349 g/mol. The number of anilines is 2. The van der Waals surface area contributed by atoms with Gasteiger partial charge in [0.1, 0.15) is 5.03 Å². The number of thioether (sulfide) groups is 1. The van der Waals surface area contributed by atoms with Gasteiger partial charge in [-0.25, -0.2) is 4.98 Å². The van der Waals surface area contributed by atoms with Gasteiger partial charge in [0.2, 0.25) is 11.8 Å². The Bertz CT molecular complexity index is 712. The van der Waals surface area contributed by atoms with E-state index in [1.165, 1.54) is 23.1 Å². The fraction of sp³-hybridized carbons (Fsp3) is 0.357. The van der Waals surface area contributed by atoms with Crippen molar-refractivity contribution in [1.82, 2.24) is 15.2 Å². The van der Waals surface area contributed by atoms with Crippen LogP contribution in [0.3, 0.4) is 0 Å². The third kappa shape index (κ3) is 4.73. The van der Waals surface area contributed by atoms with Gasteiger partial charge >= 0.3 is 0 Å². The molecule has 120 valence electrons. The molecule has 23 heavy (non-hydrogen) atoms. The molecule has 2 aromatic rings. The molecule has 7 nitrogen and oxygen atoms in total. The lowest BCUT2D eigenvalue weighted by Gasteiger charge is -2.04. The quantitative estimate of drug-likeness (QED) is 0.777. The molecule has 2 aromatic heterocycles. The minimum Gasteiger partial charge on any atom is -0.309 e. The second-order valence-corrected chi connectivity index (χ2v) is 7.00. The molecule has 2 heterocycles. The van der Waals surface area contributed by atoms with Crippen LogP contribution < -0.4 is 10.6 Å². The van der Waals surface area contributed by atoms with Crippen molar-refractivity contribution in [3.8, 4) is 0 Å². The Labute approximate surface area is 141 Å². The van der Waals surface area contributed by atoms with Crippen LogP contribution in [-0.2, 0) is 9.59 Å². The van der Waals surface area contributed by atoms with Gasteiger partial charge in [0.05, 0.1) is 11.4 Å². The van der Waals surface area contributed by atoms with E-state index >= 15 is 0 Å². The number of rotatable bonds is 6. The molecule has 0 radical (unpaired) electrons. The molecule has 0 aromatic carbocycles. The Balaban J connectivity index is 1.46. The molecular weight excluding hydrogens is 334 g/mol. The maximum absolute atomic E-state index is 11.8. The van der Waals surface area contributed by atoms with Crippen molar-refractivity contribution in [2.24, 2.45) is 5.92 Å². The van der Waals surface area contributed by atoms with Crippen LogP contribution in [0, 0.1) is 12.8 Å². The molecule has 9 heteroatoms. The third-order valence-corrected chi connectivity index (χ3v) is 4.85. The molecule has 1 aliphatic rings. The molecule has 0 unspecified atom stereocenters. The van der Waals surface area contributed by atoms with Gasteiger partial charge in [-0.15, -0.1) is 21.5 Å². The van der Waals surface area contributed by atoms with Gasteiger partial charge in [-0.1, -0.05) is 11.8 Å². The highest BCUT2D eigenvalue weighted by molar-refractivity contribution is 7.99. The van der Waals surface area contributed by atoms with Gasteiger partial charge in [-0.2, -0.15) is 0 Å². The molecule has 1 aliphatic carbocycles. The first-order chi connectivity index (χ1) is 11.1. The number of thiazole rings is 1. The van der Waals surface area contributed by atoms with Gasteiger partial charge in [-0.3, -0.25) is 9.59 Å². The molecule has 0 saturated heterocycles. The van der Waals surface area contributed by atoms with E-state index in [1.807, 2.05) is 12.3 Å². The fourth-order valence-electron chi connectivity index (χ4n) is 1.74. The number of nitrogens with one attached hydrogen (secondary N) is 2. The number of aryl methyl sites for hydroxylation is 1. The van der Waals surface area contributed by atoms with Crippen molar-refractivity contribution in [2.45, 2.75) is 24.8 Å². The van der Waals surface area contributed by atoms with Gasteiger partial charge in [0, 0.05) is 11.3 Å². The standard InChI is InChI=1S/C14H15N5O2S2/c1-8-6-23-14(15-8)17-11(20)7-22-12-5-4-10(18-19-12)16-13(21)9-2-3-9/h4-6,9H,2-3,7H2,1H3,(H,15,17,20)(H,16,18,21). The van der Waals surface area contributed by atoms with Crippen molar-refractivity contribution in [3.05, 3.63) is 23.2 Å². The molecule has 1 saturated carbocycles. The van der Waals surface area contributed by atoms with E-state index in [4.69, 9.17) is 0 Å². The molecular formula is C14H15N5O2S2. The topological polar surface area (TPSA) is 96.9 Å². The Morgan fingerprint density at radius 1 is 1.30 bits per heavy atom. The number of hydrogen-bond acceptors (Lipinski definition) is 7. The van der Waals surface area contributed by atoms with Crippen LogP contribution in [0.5, 0.6) is 0 Å². The molecule has 0 spiro atoms. The van der Waals surface area contributed by atoms with E-state index in [1.54, 1.807) is 12.1 Å². The number of aromatic nitrogens is 3. The highest BCUT2D eigenvalue weighted by Gasteiger charge is 2.29. The first kappa shape index (κ1) is 15.9. The maximum atomic E-state index is 11.8. The van der Waals surface area contributed by atoms with E-state index in [0.717, 1.165) is 18.5 Å². The summed E-state index contributed by atoms with van der Waals surface area (Å²) in [6.07, 6.45) is 1.89. The van der Waals surface area contributed by atoms with Crippen LogP contribution in [0.4, 0.5) is 10.9 Å². The molecule has 1 fully saturated rings. The Hall–Kier alpha value is -2.00. The van der Waals surface area contributed by atoms with E-state index < -0.39 is 0 Å². The van der Waals surface area contributed by atoms with Crippen LogP contribution in [0.1, 0.15) is 18.5 Å². The van der Waals surface area contributed by atoms with Crippen LogP contribution in [-0.4, -0.2) is 32.7 Å². The summed E-state index contributed by atoms with van der Waals surface area (Å²) in [5, 5.41) is 16.5. The SMILES string of the molecule is Cc1csc(NC(=O)CSc2ccc(NC(=O)C3CC3)nn2)n1. The average molecular weight is 349 g/mol. The molecule has 0 atom stereocenters. The minimum atomic E-state index is -0.141. The lowest BCUT2D eigenvalue weighted by atomic mass is 10.4. The molecule has 2 amide bonds. The largest absolute Gasteiger partial charge is 0.309 e. The number of nitrogens with zero attached hydrogens (tertiary/aromatic N) is 3. The van der Waals surface area contributed by atoms with Crippen molar-refractivity contribution in [1.29, 1.82) is 0 Å². The van der Waals surface area contributed by atoms with E-state index in [2.05, 4.69) is 25.8 Å². The lowest BCUT2D eigenvalue weighted by molar-refractivity contribution is -0.117. The van der Waals surface area contributed by atoms with Gasteiger partial charge in [0.25, 0.3) is 0 Å². The highest BCUT2D eigenvalue weighted by Crippen LogP contribution is 2.30. The van der Waals surface area contributed by atoms with E-state index in [9.17, 15) is 9.59 Å².